The van der Waals surface area contributed by atoms with Gasteiger partial charge in [-0.3, -0.25) is 14.2 Å². The van der Waals surface area contributed by atoms with Crippen molar-refractivity contribution in [2.75, 3.05) is 0 Å². The van der Waals surface area contributed by atoms with Gasteiger partial charge in [0, 0.05) is 5.69 Å². The molecule has 1 N–H and O–H groups in total. The van der Waals surface area contributed by atoms with Gasteiger partial charge in [-0.1, -0.05) is 0 Å². The summed E-state index contributed by atoms with van der Waals surface area (Å²) in [6.07, 6.45) is -3.51. The van der Waals surface area contributed by atoms with E-state index in [2.05, 4.69) is 15.0 Å². The molecular weight excluding hydrogens is 458 g/mol. The second kappa shape index (κ2) is 9.09. The number of hydrogen-bond acceptors (Lipinski definition) is 6. The first-order chi connectivity index (χ1) is 15.9. The van der Waals surface area contributed by atoms with Crippen LogP contribution in [0.1, 0.15) is 39.5 Å². The number of halogens is 4. The van der Waals surface area contributed by atoms with Crippen molar-refractivity contribution in [3.63, 3.8) is 0 Å². The lowest BCUT2D eigenvalue weighted by atomic mass is 10.1. The van der Waals surface area contributed by atoms with Gasteiger partial charge in [-0.05, 0) is 51.0 Å². The molecule has 0 aliphatic rings. The van der Waals surface area contributed by atoms with Crippen molar-refractivity contribution < 1.29 is 22.3 Å². The van der Waals surface area contributed by atoms with Crippen LogP contribution in [0.5, 0.6) is 11.5 Å². The van der Waals surface area contributed by atoms with Crippen LogP contribution in [-0.4, -0.2) is 25.9 Å². The maximum Gasteiger partial charge on any atom is 0.352 e. The van der Waals surface area contributed by atoms with Crippen LogP contribution in [0.3, 0.4) is 0 Å². The van der Waals surface area contributed by atoms with Gasteiger partial charge in [0.2, 0.25) is 5.75 Å². The molecule has 0 atom stereocenters. The third kappa shape index (κ3) is 4.54. The topological polar surface area (TPSA) is 114 Å². The van der Waals surface area contributed by atoms with E-state index in [1.165, 1.54) is 32.9 Å². The average Bonchev–Trinajstić information content (AvgIpc) is 2.74. The molecule has 0 saturated carbocycles. The summed E-state index contributed by atoms with van der Waals surface area (Å²) in [7, 11) is 0. The zero-order valence-electron chi connectivity index (χ0n) is 18.5. The maximum atomic E-state index is 14.3. The second-order valence-corrected chi connectivity index (χ2v) is 7.65. The number of aromatic nitrogens is 4. The molecule has 0 spiro atoms. The minimum absolute atomic E-state index is 0.0551. The Morgan fingerprint density at radius 3 is 2.29 bits per heavy atom. The largest absolute Gasteiger partial charge is 0.449 e. The predicted octanol–water partition coefficient (Wildman–Crippen LogP) is 3.63. The highest BCUT2D eigenvalue weighted by Gasteiger charge is 2.48. The molecule has 2 aromatic heterocycles. The fraction of sp³-hybridized carbons (Fsp3) is 0.318. The lowest BCUT2D eigenvalue weighted by molar-refractivity contribution is -0.139. The van der Waals surface area contributed by atoms with Crippen LogP contribution < -0.4 is 15.9 Å². The first-order valence-corrected chi connectivity index (χ1v) is 9.88. The monoisotopic (exact) mass is 477 g/mol. The van der Waals surface area contributed by atoms with E-state index in [-0.39, 0.29) is 22.6 Å². The normalized spacial score (nSPS) is 11.5. The summed E-state index contributed by atoms with van der Waals surface area (Å²) < 4.78 is 61.2. The predicted molar refractivity (Wildman–Crippen MR) is 113 cm³/mol. The fourth-order valence-electron chi connectivity index (χ4n) is 3.40. The molecule has 0 radical (unpaired) electrons. The van der Waals surface area contributed by atoms with Crippen LogP contribution in [0.15, 0.2) is 28.0 Å². The first kappa shape index (κ1) is 24.6. The zero-order valence-corrected chi connectivity index (χ0v) is 18.5. The number of alkyl halides is 4. The summed E-state index contributed by atoms with van der Waals surface area (Å²) in [4.78, 5) is 35.4. The van der Waals surface area contributed by atoms with Gasteiger partial charge in [0.25, 0.3) is 11.1 Å². The van der Waals surface area contributed by atoms with Crippen molar-refractivity contribution in [1.29, 1.82) is 5.26 Å². The van der Waals surface area contributed by atoms with Gasteiger partial charge in [0.1, 0.15) is 11.6 Å². The SMILES string of the molecule is Cc1nc(C)c(Cn2cnc(C(F)(F)C(F)F)c(Oc3c(C)cc(C#N)cc3C)c2=O)c(=O)[nH]1. The van der Waals surface area contributed by atoms with Gasteiger partial charge in [0.05, 0.1) is 30.1 Å². The summed E-state index contributed by atoms with van der Waals surface area (Å²) >= 11 is 0. The number of rotatable bonds is 6. The van der Waals surface area contributed by atoms with E-state index in [0.29, 0.717) is 23.3 Å². The fourth-order valence-corrected chi connectivity index (χ4v) is 3.40. The third-order valence-corrected chi connectivity index (χ3v) is 5.05. The molecule has 0 fully saturated rings. The first-order valence-electron chi connectivity index (χ1n) is 9.88. The van der Waals surface area contributed by atoms with Crippen LogP contribution in [0.25, 0.3) is 0 Å². The minimum atomic E-state index is -4.79. The van der Waals surface area contributed by atoms with E-state index < -0.39 is 41.5 Å². The Morgan fingerprint density at radius 2 is 1.76 bits per heavy atom. The van der Waals surface area contributed by atoms with Crippen LogP contribution in [0, 0.1) is 39.0 Å². The molecule has 0 unspecified atom stereocenters. The van der Waals surface area contributed by atoms with Gasteiger partial charge in [0.15, 0.2) is 5.69 Å². The van der Waals surface area contributed by atoms with E-state index in [0.717, 1.165) is 4.57 Å². The van der Waals surface area contributed by atoms with Gasteiger partial charge >= 0.3 is 12.3 Å². The van der Waals surface area contributed by atoms with Crippen molar-refractivity contribution in [3.05, 3.63) is 78.6 Å². The smallest absolute Gasteiger partial charge is 0.352 e. The number of nitrogens with zero attached hydrogens (tertiary/aromatic N) is 4. The van der Waals surface area contributed by atoms with Crippen LogP contribution in [0.2, 0.25) is 0 Å². The molecule has 178 valence electrons. The number of ether oxygens (including phenoxy) is 1. The molecule has 1 aromatic carbocycles. The highest BCUT2D eigenvalue weighted by Crippen LogP contribution is 2.39. The summed E-state index contributed by atoms with van der Waals surface area (Å²) in [6, 6.07) is 4.70. The Labute approximate surface area is 190 Å². The van der Waals surface area contributed by atoms with Gasteiger partial charge in [-0.15, -0.1) is 0 Å². The van der Waals surface area contributed by atoms with Crippen molar-refractivity contribution >= 4 is 0 Å². The summed E-state index contributed by atoms with van der Waals surface area (Å²) in [5, 5.41) is 9.09. The Bertz CT molecular complexity index is 1400. The molecule has 0 bridgehead atoms. The lowest BCUT2D eigenvalue weighted by Gasteiger charge is -2.20. The highest BCUT2D eigenvalue weighted by atomic mass is 19.3. The molecule has 3 rings (SSSR count). The quantitative estimate of drug-likeness (QED) is 0.543. The maximum absolute atomic E-state index is 14.3. The van der Waals surface area contributed by atoms with Crippen LogP contribution >= 0.6 is 0 Å². The van der Waals surface area contributed by atoms with E-state index >= 15 is 0 Å². The number of nitriles is 1. The van der Waals surface area contributed by atoms with Crippen LogP contribution in [0.4, 0.5) is 17.6 Å². The molecule has 2 heterocycles. The number of hydrogen-bond donors (Lipinski definition) is 1. The molecule has 34 heavy (non-hydrogen) atoms. The number of aromatic amines is 1. The number of aryl methyl sites for hydroxylation is 4. The Kier molecular flexibility index (Phi) is 6.58. The van der Waals surface area contributed by atoms with E-state index in [1.807, 2.05) is 6.07 Å². The summed E-state index contributed by atoms with van der Waals surface area (Å²) in [5.74, 6) is -5.63. The Morgan fingerprint density at radius 1 is 1.15 bits per heavy atom. The number of H-pyrrole nitrogens is 1. The van der Waals surface area contributed by atoms with Crippen molar-refractivity contribution in [1.82, 2.24) is 19.5 Å². The standard InChI is InChI=1S/C22H19F4N5O3/c1-10-5-14(7-27)6-11(2)16(10)34-17-18(22(25,26)21(23)24)28-9-31(20(17)33)8-15-12(3)29-13(4)30-19(15)32/h5-6,9,21H,8H2,1-4H3,(H,29,30,32). The number of nitrogens with one attached hydrogen (secondary N) is 1. The molecule has 3 aromatic rings. The van der Waals surface area contributed by atoms with Crippen molar-refractivity contribution in [3.8, 4) is 17.6 Å². The summed E-state index contributed by atoms with van der Waals surface area (Å²) in [5.41, 5.74) is -2.07. The van der Waals surface area contributed by atoms with E-state index in [9.17, 15) is 27.2 Å². The van der Waals surface area contributed by atoms with E-state index in [1.54, 1.807) is 6.92 Å². The molecule has 12 heteroatoms. The molecule has 0 aliphatic carbocycles. The Balaban J connectivity index is 2.22. The third-order valence-electron chi connectivity index (χ3n) is 5.05. The van der Waals surface area contributed by atoms with Crippen LogP contribution in [-0.2, 0) is 12.5 Å². The van der Waals surface area contributed by atoms with Crippen molar-refractivity contribution in [2.45, 2.75) is 46.6 Å². The Hall–Kier alpha value is -4.01. The minimum Gasteiger partial charge on any atom is -0.449 e. The van der Waals surface area contributed by atoms with E-state index in [4.69, 9.17) is 10.00 Å². The molecule has 8 nitrogen and oxygen atoms in total. The van der Waals surface area contributed by atoms with Gasteiger partial charge in [-0.2, -0.15) is 14.0 Å². The number of benzene rings is 1. The summed E-state index contributed by atoms with van der Waals surface area (Å²) in [6.45, 7) is 5.67. The van der Waals surface area contributed by atoms with Gasteiger partial charge < -0.3 is 9.72 Å². The second-order valence-electron chi connectivity index (χ2n) is 7.65. The highest BCUT2D eigenvalue weighted by molar-refractivity contribution is 5.49. The molecular formula is C22H19F4N5O3. The molecule has 0 saturated heterocycles. The van der Waals surface area contributed by atoms with Gasteiger partial charge in [-0.25, -0.2) is 18.7 Å². The molecule has 0 amide bonds. The molecule has 0 aliphatic heterocycles. The van der Waals surface area contributed by atoms with Crippen molar-refractivity contribution in [2.24, 2.45) is 0 Å². The average molecular weight is 477 g/mol. The lowest BCUT2D eigenvalue weighted by Crippen LogP contribution is -2.33. The zero-order chi connectivity index (χ0) is 25.4.